The number of amides is 2. The summed E-state index contributed by atoms with van der Waals surface area (Å²) in [6.45, 7) is 5.48. The van der Waals surface area contributed by atoms with E-state index in [9.17, 15) is 18.0 Å². The molecule has 0 spiro atoms. The fourth-order valence-corrected chi connectivity index (χ4v) is 9.70. The first-order chi connectivity index (χ1) is 22.3. The fourth-order valence-electron chi connectivity index (χ4n) is 8.85. The van der Waals surface area contributed by atoms with Gasteiger partial charge in [0.1, 0.15) is 12.6 Å². The molecule has 250 valence electrons. The molecular weight excluding hydrogens is 607 g/mol. The van der Waals surface area contributed by atoms with Crippen LogP contribution in [0.1, 0.15) is 76.0 Å². The summed E-state index contributed by atoms with van der Waals surface area (Å²) in [5.74, 6) is 1.70. The summed E-state index contributed by atoms with van der Waals surface area (Å²) < 4.78 is 27.8. The van der Waals surface area contributed by atoms with E-state index in [0.717, 1.165) is 35.1 Å². The molecule has 0 radical (unpaired) electrons. The van der Waals surface area contributed by atoms with Gasteiger partial charge >= 0.3 is 0 Å². The molecule has 8 heteroatoms. The van der Waals surface area contributed by atoms with Gasteiger partial charge in [0.05, 0.1) is 11.9 Å². The second-order valence-electron chi connectivity index (χ2n) is 15.5. The largest absolute Gasteiger partial charge is 0.350 e. The quantitative estimate of drug-likeness (QED) is 0.257. The van der Waals surface area contributed by atoms with Crippen LogP contribution in [0.2, 0.25) is 0 Å². The molecule has 7 nitrogen and oxygen atoms in total. The van der Waals surface area contributed by atoms with Crippen molar-refractivity contribution in [3.63, 3.8) is 0 Å². The summed E-state index contributed by atoms with van der Waals surface area (Å²) in [6.07, 6.45) is 9.18. The minimum absolute atomic E-state index is 0.164. The van der Waals surface area contributed by atoms with Gasteiger partial charge < -0.3 is 10.2 Å². The van der Waals surface area contributed by atoms with Gasteiger partial charge in [-0.15, -0.1) is 0 Å². The van der Waals surface area contributed by atoms with Gasteiger partial charge in [0, 0.05) is 18.5 Å². The molecular formula is C39H49N3O4S. The van der Waals surface area contributed by atoms with Crippen LogP contribution in [0, 0.1) is 17.8 Å². The van der Waals surface area contributed by atoms with Gasteiger partial charge in [0.15, 0.2) is 0 Å². The highest BCUT2D eigenvalue weighted by Crippen LogP contribution is 2.60. The van der Waals surface area contributed by atoms with Crippen molar-refractivity contribution in [2.45, 2.75) is 89.3 Å². The van der Waals surface area contributed by atoms with E-state index >= 15 is 0 Å². The number of hydrogen-bond acceptors (Lipinski definition) is 4. The summed E-state index contributed by atoms with van der Waals surface area (Å²) in [5, 5.41) is 3.07. The van der Waals surface area contributed by atoms with Crippen molar-refractivity contribution in [3.8, 4) is 0 Å². The summed E-state index contributed by atoms with van der Waals surface area (Å²) in [5.41, 5.74) is 3.20. The topological polar surface area (TPSA) is 86.8 Å². The van der Waals surface area contributed by atoms with Crippen LogP contribution in [0.25, 0.3) is 0 Å². The van der Waals surface area contributed by atoms with Crippen LogP contribution in [0.4, 0.5) is 5.69 Å². The predicted molar refractivity (Wildman–Crippen MR) is 187 cm³/mol. The second-order valence-corrected chi connectivity index (χ2v) is 17.4. The molecule has 0 saturated heterocycles. The summed E-state index contributed by atoms with van der Waals surface area (Å²) >= 11 is 0. The molecule has 7 rings (SSSR count). The van der Waals surface area contributed by atoms with E-state index in [1.165, 1.54) is 48.4 Å². The number of anilines is 1. The molecule has 0 aliphatic heterocycles. The second kappa shape index (κ2) is 13.1. The number of benzene rings is 3. The van der Waals surface area contributed by atoms with E-state index in [-0.39, 0.29) is 17.9 Å². The SMILES string of the molecule is CC(C)(C)NC(=O)C(Cc1ccccc1)N(Cc1ccccc1)C(=O)CN(c1ccc(C23CC4CC(CC(C4)C2)C3)cc1)S(C)(=O)=O. The van der Waals surface area contributed by atoms with E-state index in [1.54, 1.807) is 4.90 Å². The minimum Gasteiger partial charge on any atom is -0.350 e. The number of rotatable bonds is 11. The molecule has 4 fully saturated rings. The van der Waals surface area contributed by atoms with Crippen molar-refractivity contribution in [2.75, 3.05) is 17.1 Å². The Balaban J connectivity index is 1.30. The number of nitrogens with one attached hydrogen (secondary N) is 1. The molecule has 3 aromatic carbocycles. The van der Waals surface area contributed by atoms with Gasteiger partial charge in [0.25, 0.3) is 0 Å². The first-order valence-corrected chi connectivity index (χ1v) is 18.9. The van der Waals surface area contributed by atoms with Crippen molar-refractivity contribution in [2.24, 2.45) is 17.8 Å². The zero-order valence-electron chi connectivity index (χ0n) is 28.2. The molecule has 4 saturated carbocycles. The average Bonchev–Trinajstić information content (AvgIpc) is 3.00. The highest BCUT2D eigenvalue weighted by Gasteiger charge is 2.51. The van der Waals surface area contributed by atoms with Crippen molar-refractivity contribution in [1.82, 2.24) is 10.2 Å². The fraction of sp³-hybridized carbons (Fsp3) is 0.487. The van der Waals surface area contributed by atoms with Gasteiger partial charge in [-0.25, -0.2) is 8.42 Å². The molecule has 4 bridgehead atoms. The van der Waals surface area contributed by atoms with Gasteiger partial charge in [-0.2, -0.15) is 0 Å². The Bertz CT molecular complexity index is 1630. The van der Waals surface area contributed by atoms with Crippen molar-refractivity contribution in [3.05, 3.63) is 102 Å². The monoisotopic (exact) mass is 655 g/mol. The predicted octanol–water partition coefficient (Wildman–Crippen LogP) is 6.48. The molecule has 3 aromatic rings. The molecule has 2 amide bonds. The highest BCUT2D eigenvalue weighted by molar-refractivity contribution is 7.92. The number of hydrogen-bond donors (Lipinski definition) is 1. The van der Waals surface area contributed by atoms with Crippen LogP contribution in [-0.4, -0.2) is 49.5 Å². The molecule has 4 aliphatic rings. The van der Waals surface area contributed by atoms with Crippen LogP contribution in [0.5, 0.6) is 0 Å². The molecule has 1 N–H and O–H groups in total. The maximum Gasteiger partial charge on any atom is 0.244 e. The van der Waals surface area contributed by atoms with E-state index in [4.69, 9.17) is 0 Å². The third-order valence-electron chi connectivity index (χ3n) is 10.5. The normalized spacial score (nSPS) is 24.0. The number of carbonyl (C=O) groups is 2. The van der Waals surface area contributed by atoms with E-state index < -0.39 is 34.1 Å². The van der Waals surface area contributed by atoms with Crippen LogP contribution < -0.4 is 9.62 Å². The van der Waals surface area contributed by atoms with Gasteiger partial charge in [-0.1, -0.05) is 72.8 Å². The van der Waals surface area contributed by atoms with Crippen LogP contribution in [0.3, 0.4) is 0 Å². The minimum atomic E-state index is -3.83. The lowest BCUT2D eigenvalue weighted by molar-refractivity contribution is -0.140. The molecule has 1 atom stereocenters. The Morgan fingerprint density at radius 1 is 0.809 bits per heavy atom. The lowest BCUT2D eigenvalue weighted by Crippen LogP contribution is -2.56. The molecule has 0 heterocycles. The van der Waals surface area contributed by atoms with Crippen LogP contribution >= 0.6 is 0 Å². The number of carbonyl (C=O) groups excluding carboxylic acids is 2. The Labute approximate surface area is 280 Å². The Morgan fingerprint density at radius 3 is 1.81 bits per heavy atom. The lowest BCUT2D eigenvalue weighted by Gasteiger charge is -2.57. The molecule has 4 aliphatic carbocycles. The smallest absolute Gasteiger partial charge is 0.244 e. The molecule has 1 unspecified atom stereocenters. The van der Waals surface area contributed by atoms with Gasteiger partial charge in [-0.3, -0.25) is 13.9 Å². The third kappa shape index (κ3) is 7.75. The molecule has 0 aromatic heterocycles. The first-order valence-electron chi connectivity index (χ1n) is 17.1. The summed E-state index contributed by atoms with van der Waals surface area (Å²) in [4.78, 5) is 29.9. The van der Waals surface area contributed by atoms with Crippen LogP contribution in [0.15, 0.2) is 84.9 Å². The summed E-state index contributed by atoms with van der Waals surface area (Å²) in [7, 11) is -3.83. The van der Waals surface area contributed by atoms with Gasteiger partial charge in [-0.05, 0) is 111 Å². The third-order valence-corrected chi connectivity index (χ3v) is 11.6. The van der Waals surface area contributed by atoms with Crippen LogP contribution in [-0.2, 0) is 38.0 Å². The lowest BCUT2D eigenvalue weighted by atomic mass is 9.48. The average molecular weight is 656 g/mol. The van der Waals surface area contributed by atoms with Crippen molar-refractivity contribution < 1.29 is 18.0 Å². The van der Waals surface area contributed by atoms with Gasteiger partial charge in [0.2, 0.25) is 21.8 Å². The van der Waals surface area contributed by atoms with E-state index in [0.29, 0.717) is 12.1 Å². The van der Waals surface area contributed by atoms with Crippen molar-refractivity contribution >= 4 is 27.5 Å². The zero-order chi connectivity index (χ0) is 33.4. The number of sulfonamides is 1. The Morgan fingerprint density at radius 2 is 1.32 bits per heavy atom. The van der Waals surface area contributed by atoms with E-state index in [2.05, 4.69) is 17.4 Å². The number of nitrogens with zero attached hydrogens (tertiary/aromatic N) is 2. The highest BCUT2D eigenvalue weighted by atomic mass is 32.2. The Hall–Kier alpha value is -3.65. The van der Waals surface area contributed by atoms with Crippen molar-refractivity contribution in [1.29, 1.82) is 0 Å². The standard InChI is InChI=1S/C39H49N3O4S/c1-38(2,3)40-37(44)35(22-28-11-7-5-8-12-28)41(26-29-13-9-6-10-14-29)36(43)27-42(47(4,45)46)34-17-15-33(16-18-34)39-23-30-19-31(24-39)21-32(20-30)25-39/h5-18,30-32,35H,19-27H2,1-4H3,(H,40,44). The maximum atomic E-state index is 14.4. The Kier molecular flexibility index (Phi) is 9.27. The summed E-state index contributed by atoms with van der Waals surface area (Å²) in [6, 6.07) is 26.2. The van der Waals surface area contributed by atoms with E-state index in [1.807, 2.05) is 93.6 Å². The first kappa shape index (κ1) is 33.3. The zero-order valence-corrected chi connectivity index (χ0v) is 29.0. The maximum absolute atomic E-state index is 14.4. The molecule has 47 heavy (non-hydrogen) atoms.